The molecular formula is C28H33BN2O3. The van der Waals surface area contributed by atoms with E-state index in [-0.39, 0.29) is 5.91 Å². The van der Waals surface area contributed by atoms with Crippen molar-refractivity contribution in [3.8, 4) is 11.1 Å². The number of carbonyl (C=O) groups is 1. The summed E-state index contributed by atoms with van der Waals surface area (Å²) in [5, 5.41) is 22.4. The molecule has 1 saturated heterocycles. The maximum Gasteiger partial charge on any atom is 0.488 e. The molecule has 4 rings (SSSR count). The highest BCUT2D eigenvalue weighted by atomic mass is 16.4. The van der Waals surface area contributed by atoms with Crippen LogP contribution in [0.5, 0.6) is 0 Å². The Hall–Kier alpha value is -2.93. The van der Waals surface area contributed by atoms with Crippen molar-refractivity contribution in [2.75, 3.05) is 13.1 Å². The summed E-state index contributed by atoms with van der Waals surface area (Å²) < 4.78 is 0. The molecule has 5 nitrogen and oxygen atoms in total. The van der Waals surface area contributed by atoms with Crippen LogP contribution in [0.1, 0.15) is 54.1 Å². The highest BCUT2D eigenvalue weighted by Gasteiger charge is 2.25. The summed E-state index contributed by atoms with van der Waals surface area (Å²) in [6.07, 6.45) is 1.92. The van der Waals surface area contributed by atoms with E-state index in [1.165, 1.54) is 11.1 Å². The Kier molecular flexibility index (Phi) is 7.83. The van der Waals surface area contributed by atoms with Crippen molar-refractivity contribution in [1.29, 1.82) is 0 Å². The van der Waals surface area contributed by atoms with Gasteiger partial charge in [0.15, 0.2) is 0 Å². The minimum atomic E-state index is -1.52. The molecule has 1 heterocycles. The normalized spacial score (nSPS) is 14.4. The van der Waals surface area contributed by atoms with Crippen molar-refractivity contribution in [3.05, 3.63) is 89.5 Å². The van der Waals surface area contributed by atoms with Gasteiger partial charge in [-0.05, 0) is 58.6 Å². The molecule has 1 aliphatic rings. The van der Waals surface area contributed by atoms with Gasteiger partial charge in [0.1, 0.15) is 0 Å². The lowest BCUT2D eigenvalue weighted by molar-refractivity contribution is 0.0713. The van der Waals surface area contributed by atoms with Crippen LogP contribution in [0, 0.1) is 0 Å². The minimum Gasteiger partial charge on any atom is -0.423 e. The van der Waals surface area contributed by atoms with E-state index < -0.39 is 7.12 Å². The zero-order chi connectivity index (χ0) is 24.1. The van der Waals surface area contributed by atoms with Crippen LogP contribution in [-0.2, 0) is 6.54 Å². The molecule has 0 radical (unpaired) electrons. The maximum atomic E-state index is 13.2. The molecule has 1 fully saturated rings. The van der Waals surface area contributed by atoms with E-state index in [1.54, 1.807) is 18.2 Å². The van der Waals surface area contributed by atoms with Crippen molar-refractivity contribution < 1.29 is 14.8 Å². The Balaban J connectivity index is 1.41. The fourth-order valence-corrected chi connectivity index (χ4v) is 4.59. The van der Waals surface area contributed by atoms with Gasteiger partial charge in [0, 0.05) is 31.2 Å². The lowest BCUT2D eigenvalue weighted by atomic mass is 9.79. The third kappa shape index (κ3) is 5.95. The van der Waals surface area contributed by atoms with Gasteiger partial charge in [-0.2, -0.15) is 0 Å². The third-order valence-corrected chi connectivity index (χ3v) is 6.55. The minimum absolute atomic E-state index is 0.0496. The second-order valence-corrected chi connectivity index (χ2v) is 9.43. The molecule has 176 valence electrons. The molecular weight excluding hydrogens is 423 g/mol. The SMILES string of the molecule is CC(C)NCc1cccc(C2CCN(C(=O)c3cccc(-c4cccc(B(O)O)c4)c3)CC2)c1. The highest BCUT2D eigenvalue weighted by Crippen LogP contribution is 2.30. The van der Waals surface area contributed by atoms with Gasteiger partial charge in [0.2, 0.25) is 0 Å². The Morgan fingerprint density at radius 1 is 0.971 bits per heavy atom. The lowest BCUT2D eigenvalue weighted by Gasteiger charge is -2.32. The van der Waals surface area contributed by atoms with Crippen LogP contribution >= 0.6 is 0 Å². The first-order chi connectivity index (χ1) is 16.4. The molecule has 1 amide bonds. The highest BCUT2D eigenvalue weighted by molar-refractivity contribution is 6.58. The smallest absolute Gasteiger partial charge is 0.423 e. The van der Waals surface area contributed by atoms with Crippen molar-refractivity contribution >= 4 is 18.5 Å². The van der Waals surface area contributed by atoms with E-state index in [0.29, 0.717) is 23.0 Å². The molecule has 6 heteroatoms. The molecule has 0 aromatic heterocycles. The standard InChI is InChI=1S/C28H33BN2O3/c1-20(2)30-19-21-6-3-7-23(16-21)22-12-14-31(15-13-22)28(32)26-10-4-8-24(17-26)25-9-5-11-27(18-25)29(33)34/h3-11,16-18,20,22,30,33-34H,12-15,19H2,1-2H3. The predicted octanol–water partition coefficient (Wildman–Crippen LogP) is 3.55. The van der Waals surface area contributed by atoms with Gasteiger partial charge in [-0.15, -0.1) is 0 Å². The van der Waals surface area contributed by atoms with E-state index in [1.807, 2.05) is 35.2 Å². The van der Waals surface area contributed by atoms with Crippen LogP contribution in [-0.4, -0.2) is 47.1 Å². The maximum absolute atomic E-state index is 13.2. The summed E-state index contributed by atoms with van der Waals surface area (Å²) in [6.45, 7) is 6.67. The summed E-state index contributed by atoms with van der Waals surface area (Å²) in [7, 11) is -1.52. The average molecular weight is 456 g/mol. The quantitative estimate of drug-likeness (QED) is 0.476. The Morgan fingerprint density at radius 2 is 1.65 bits per heavy atom. The fraction of sp³-hybridized carbons (Fsp3) is 0.321. The number of hydrogen-bond donors (Lipinski definition) is 3. The van der Waals surface area contributed by atoms with Gasteiger partial charge in [0.05, 0.1) is 0 Å². The largest absolute Gasteiger partial charge is 0.488 e. The monoisotopic (exact) mass is 456 g/mol. The molecule has 0 unspecified atom stereocenters. The number of piperidine rings is 1. The van der Waals surface area contributed by atoms with Gasteiger partial charge in [-0.3, -0.25) is 4.79 Å². The number of rotatable bonds is 7. The Bertz CT molecular complexity index is 1120. The lowest BCUT2D eigenvalue weighted by Crippen LogP contribution is -2.38. The van der Waals surface area contributed by atoms with Crippen LogP contribution < -0.4 is 10.8 Å². The van der Waals surface area contributed by atoms with Crippen LogP contribution in [0.2, 0.25) is 0 Å². The van der Waals surface area contributed by atoms with Crippen LogP contribution in [0.3, 0.4) is 0 Å². The predicted molar refractivity (Wildman–Crippen MR) is 138 cm³/mol. The van der Waals surface area contributed by atoms with E-state index in [2.05, 4.69) is 43.4 Å². The number of amides is 1. The topological polar surface area (TPSA) is 72.8 Å². The van der Waals surface area contributed by atoms with Gasteiger partial charge in [-0.25, -0.2) is 0 Å². The number of nitrogens with zero attached hydrogens (tertiary/aromatic N) is 1. The number of likely N-dealkylation sites (tertiary alicyclic amines) is 1. The Morgan fingerprint density at radius 3 is 2.35 bits per heavy atom. The van der Waals surface area contributed by atoms with Gasteiger partial charge in [0.25, 0.3) is 5.91 Å². The van der Waals surface area contributed by atoms with Gasteiger partial charge < -0.3 is 20.3 Å². The summed E-state index contributed by atoms with van der Waals surface area (Å²) in [4.78, 5) is 15.2. The molecule has 0 aliphatic carbocycles. The van der Waals surface area contributed by atoms with Crippen molar-refractivity contribution in [3.63, 3.8) is 0 Å². The van der Waals surface area contributed by atoms with E-state index in [4.69, 9.17) is 0 Å². The number of nitrogens with one attached hydrogen (secondary N) is 1. The molecule has 3 aromatic carbocycles. The second-order valence-electron chi connectivity index (χ2n) is 9.43. The zero-order valence-electron chi connectivity index (χ0n) is 19.9. The summed E-state index contributed by atoms with van der Waals surface area (Å²) in [5.41, 5.74) is 5.50. The van der Waals surface area contributed by atoms with E-state index in [0.717, 1.165) is 43.6 Å². The van der Waals surface area contributed by atoms with Crippen molar-refractivity contribution in [1.82, 2.24) is 10.2 Å². The van der Waals surface area contributed by atoms with Crippen molar-refractivity contribution in [2.24, 2.45) is 0 Å². The first kappa shape index (κ1) is 24.2. The van der Waals surface area contributed by atoms with Crippen molar-refractivity contribution in [2.45, 2.75) is 45.2 Å². The van der Waals surface area contributed by atoms with E-state index in [9.17, 15) is 14.8 Å². The first-order valence-corrected chi connectivity index (χ1v) is 12.1. The summed E-state index contributed by atoms with van der Waals surface area (Å²) in [5.74, 6) is 0.524. The van der Waals surface area contributed by atoms with Crippen LogP contribution in [0.25, 0.3) is 11.1 Å². The Labute approximate surface area is 202 Å². The van der Waals surface area contributed by atoms with Crippen LogP contribution in [0.15, 0.2) is 72.8 Å². The second kappa shape index (κ2) is 11.0. The van der Waals surface area contributed by atoms with Gasteiger partial charge in [-0.1, -0.05) is 74.5 Å². The molecule has 3 N–H and O–H groups in total. The molecule has 0 spiro atoms. The molecule has 34 heavy (non-hydrogen) atoms. The first-order valence-electron chi connectivity index (χ1n) is 12.1. The zero-order valence-corrected chi connectivity index (χ0v) is 19.9. The number of benzene rings is 3. The average Bonchev–Trinajstić information content (AvgIpc) is 2.87. The van der Waals surface area contributed by atoms with E-state index >= 15 is 0 Å². The molecule has 0 atom stereocenters. The summed E-state index contributed by atoms with van der Waals surface area (Å²) in [6, 6.07) is 24.0. The third-order valence-electron chi connectivity index (χ3n) is 6.55. The molecule has 0 saturated carbocycles. The summed E-state index contributed by atoms with van der Waals surface area (Å²) >= 11 is 0. The molecule has 0 bridgehead atoms. The fourth-order valence-electron chi connectivity index (χ4n) is 4.59. The number of hydrogen-bond acceptors (Lipinski definition) is 4. The van der Waals surface area contributed by atoms with Crippen LogP contribution in [0.4, 0.5) is 0 Å². The van der Waals surface area contributed by atoms with Gasteiger partial charge >= 0.3 is 7.12 Å². The molecule has 3 aromatic rings. The molecule has 1 aliphatic heterocycles. The number of carbonyl (C=O) groups excluding carboxylic acids is 1.